The molecule has 1 aromatic heterocycles. The van der Waals surface area contributed by atoms with Crippen LogP contribution in [0.2, 0.25) is 0 Å². The van der Waals surface area contributed by atoms with Crippen molar-refractivity contribution in [3.05, 3.63) is 17.5 Å². The number of aryl methyl sites for hydroxylation is 1. The first-order valence-corrected chi connectivity index (χ1v) is 5.53. The van der Waals surface area contributed by atoms with Crippen molar-refractivity contribution in [3.63, 3.8) is 0 Å². The lowest BCUT2D eigenvalue weighted by Crippen LogP contribution is -2.45. The largest absolute Gasteiger partial charge is 0.361 e. The average molecular weight is 209 g/mol. The van der Waals surface area contributed by atoms with Gasteiger partial charge in [-0.25, -0.2) is 0 Å². The van der Waals surface area contributed by atoms with E-state index in [1.165, 1.54) is 0 Å². The van der Waals surface area contributed by atoms with Gasteiger partial charge in [0, 0.05) is 31.7 Å². The molecule has 0 spiro atoms. The minimum absolute atomic E-state index is 0.307. The number of nitrogens with two attached hydrogens (primary N) is 1. The molecule has 1 aliphatic rings. The van der Waals surface area contributed by atoms with E-state index in [0.717, 1.165) is 37.5 Å². The Labute approximate surface area is 90.4 Å². The van der Waals surface area contributed by atoms with Crippen molar-refractivity contribution in [1.29, 1.82) is 0 Å². The van der Waals surface area contributed by atoms with Gasteiger partial charge in [0.05, 0.1) is 5.69 Å². The fourth-order valence-corrected chi connectivity index (χ4v) is 2.36. The SMILES string of the molecule is Cc1cc(CN2CC(C)CC(N)C2)no1. The monoisotopic (exact) mass is 209 g/mol. The van der Waals surface area contributed by atoms with Gasteiger partial charge in [0.15, 0.2) is 0 Å². The number of hydrogen-bond acceptors (Lipinski definition) is 4. The summed E-state index contributed by atoms with van der Waals surface area (Å²) < 4.78 is 5.05. The van der Waals surface area contributed by atoms with Crippen LogP contribution in [0.1, 0.15) is 24.8 Å². The van der Waals surface area contributed by atoms with Gasteiger partial charge in [-0.2, -0.15) is 0 Å². The van der Waals surface area contributed by atoms with E-state index in [2.05, 4.69) is 17.0 Å². The summed E-state index contributed by atoms with van der Waals surface area (Å²) in [7, 11) is 0. The molecule has 1 aliphatic heterocycles. The fourth-order valence-electron chi connectivity index (χ4n) is 2.36. The van der Waals surface area contributed by atoms with Crippen LogP contribution in [0.3, 0.4) is 0 Å². The van der Waals surface area contributed by atoms with E-state index in [1.54, 1.807) is 0 Å². The highest BCUT2D eigenvalue weighted by Crippen LogP contribution is 2.17. The number of aromatic nitrogens is 1. The van der Waals surface area contributed by atoms with Crippen molar-refractivity contribution >= 4 is 0 Å². The van der Waals surface area contributed by atoms with Gasteiger partial charge in [-0.05, 0) is 19.3 Å². The van der Waals surface area contributed by atoms with Crippen molar-refractivity contribution in [1.82, 2.24) is 10.1 Å². The maximum atomic E-state index is 5.99. The Morgan fingerprint density at radius 2 is 2.40 bits per heavy atom. The molecule has 0 bridgehead atoms. The lowest BCUT2D eigenvalue weighted by atomic mass is 9.96. The molecule has 1 saturated heterocycles. The van der Waals surface area contributed by atoms with Gasteiger partial charge in [0.2, 0.25) is 0 Å². The molecule has 1 aromatic rings. The first-order valence-electron chi connectivity index (χ1n) is 5.53. The Kier molecular flexibility index (Phi) is 3.07. The second-order valence-corrected chi connectivity index (χ2v) is 4.72. The summed E-state index contributed by atoms with van der Waals surface area (Å²) in [4.78, 5) is 2.36. The van der Waals surface area contributed by atoms with Crippen LogP contribution in [0, 0.1) is 12.8 Å². The number of likely N-dealkylation sites (tertiary alicyclic amines) is 1. The summed E-state index contributed by atoms with van der Waals surface area (Å²) in [6, 6.07) is 2.30. The number of nitrogens with zero attached hydrogens (tertiary/aromatic N) is 2. The second-order valence-electron chi connectivity index (χ2n) is 4.72. The lowest BCUT2D eigenvalue weighted by Gasteiger charge is -2.34. The Morgan fingerprint density at radius 1 is 1.60 bits per heavy atom. The zero-order valence-electron chi connectivity index (χ0n) is 9.44. The van der Waals surface area contributed by atoms with Gasteiger partial charge in [0.1, 0.15) is 5.76 Å². The van der Waals surface area contributed by atoms with E-state index in [0.29, 0.717) is 12.0 Å². The van der Waals surface area contributed by atoms with Crippen LogP contribution >= 0.6 is 0 Å². The van der Waals surface area contributed by atoms with Crippen LogP contribution < -0.4 is 5.73 Å². The van der Waals surface area contributed by atoms with Crippen LogP contribution in [0.25, 0.3) is 0 Å². The van der Waals surface area contributed by atoms with Crippen LogP contribution in [-0.2, 0) is 6.54 Å². The topological polar surface area (TPSA) is 55.3 Å². The summed E-state index contributed by atoms with van der Waals surface area (Å²) >= 11 is 0. The first kappa shape index (κ1) is 10.6. The molecule has 15 heavy (non-hydrogen) atoms. The summed E-state index contributed by atoms with van der Waals surface area (Å²) in [6.45, 7) is 7.10. The smallest absolute Gasteiger partial charge is 0.133 e. The highest BCUT2D eigenvalue weighted by molar-refractivity contribution is 5.03. The number of piperidine rings is 1. The molecular formula is C11H19N3O. The van der Waals surface area contributed by atoms with Gasteiger partial charge in [0.25, 0.3) is 0 Å². The third-order valence-electron chi connectivity index (χ3n) is 2.83. The standard InChI is InChI=1S/C11H19N3O/c1-8-3-10(12)6-14(5-8)7-11-4-9(2)15-13-11/h4,8,10H,3,5-7,12H2,1-2H3. The van der Waals surface area contributed by atoms with Gasteiger partial charge in [-0.1, -0.05) is 12.1 Å². The summed E-state index contributed by atoms with van der Waals surface area (Å²) in [5, 5.41) is 4.00. The van der Waals surface area contributed by atoms with E-state index < -0.39 is 0 Å². The number of rotatable bonds is 2. The van der Waals surface area contributed by atoms with Crippen molar-refractivity contribution < 1.29 is 4.52 Å². The predicted octanol–water partition coefficient (Wildman–Crippen LogP) is 1.15. The molecule has 4 nitrogen and oxygen atoms in total. The van der Waals surface area contributed by atoms with Crippen molar-refractivity contribution in [3.8, 4) is 0 Å². The van der Waals surface area contributed by atoms with Crippen LogP contribution in [0.5, 0.6) is 0 Å². The molecule has 2 unspecified atom stereocenters. The third kappa shape index (κ3) is 2.79. The van der Waals surface area contributed by atoms with Crippen molar-refractivity contribution in [2.75, 3.05) is 13.1 Å². The van der Waals surface area contributed by atoms with E-state index in [-0.39, 0.29) is 0 Å². The second kappa shape index (κ2) is 4.33. The van der Waals surface area contributed by atoms with E-state index >= 15 is 0 Å². The third-order valence-corrected chi connectivity index (χ3v) is 2.83. The summed E-state index contributed by atoms with van der Waals surface area (Å²) in [5.74, 6) is 1.56. The van der Waals surface area contributed by atoms with E-state index in [9.17, 15) is 0 Å². The minimum atomic E-state index is 0.307. The maximum absolute atomic E-state index is 5.99. The Morgan fingerprint density at radius 3 is 3.00 bits per heavy atom. The summed E-state index contributed by atoms with van der Waals surface area (Å²) in [5.41, 5.74) is 7.00. The molecule has 2 heterocycles. The highest BCUT2D eigenvalue weighted by Gasteiger charge is 2.22. The normalized spacial score (nSPS) is 28.2. The molecule has 2 N–H and O–H groups in total. The molecule has 0 radical (unpaired) electrons. The van der Waals surface area contributed by atoms with Gasteiger partial charge in [-0.3, -0.25) is 4.90 Å². The quantitative estimate of drug-likeness (QED) is 0.794. The molecule has 4 heteroatoms. The average Bonchev–Trinajstić information content (AvgIpc) is 2.49. The molecule has 2 atom stereocenters. The fraction of sp³-hybridized carbons (Fsp3) is 0.727. The Balaban J connectivity index is 1.94. The van der Waals surface area contributed by atoms with Gasteiger partial charge in [-0.15, -0.1) is 0 Å². The lowest BCUT2D eigenvalue weighted by molar-refractivity contribution is 0.155. The molecule has 0 saturated carbocycles. The number of hydrogen-bond donors (Lipinski definition) is 1. The molecule has 84 valence electrons. The molecule has 1 fully saturated rings. The summed E-state index contributed by atoms with van der Waals surface area (Å²) in [6.07, 6.45) is 1.13. The molecule has 0 aromatic carbocycles. The zero-order valence-corrected chi connectivity index (χ0v) is 9.44. The van der Waals surface area contributed by atoms with Crippen molar-refractivity contribution in [2.45, 2.75) is 32.9 Å². The minimum Gasteiger partial charge on any atom is -0.361 e. The molecular weight excluding hydrogens is 190 g/mol. The van der Waals surface area contributed by atoms with Gasteiger partial charge >= 0.3 is 0 Å². The Hall–Kier alpha value is -0.870. The molecule has 0 amide bonds. The van der Waals surface area contributed by atoms with Crippen LogP contribution in [0.4, 0.5) is 0 Å². The Bertz CT molecular complexity index is 313. The van der Waals surface area contributed by atoms with Crippen LogP contribution in [-0.4, -0.2) is 29.2 Å². The first-order chi connectivity index (χ1) is 7.13. The molecule has 2 rings (SSSR count). The maximum Gasteiger partial charge on any atom is 0.133 e. The van der Waals surface area contributed by atoms with E-state index in [1.807, 2.05) is 13.0 Å². The molecule has 0 aliphatic carbocycles. The highest BCUT2D eigenvalue weighted by atomic mass is 16.5. The predicted molar refractivity (Wildman–Crippen MR) is 58.3 cm³/mol. The zero-order chi connectivity index (χ0) is 10.8. The van der Waals surface area contributed by atoms with E-state index in [4.69, 9.17) is 10.3 Å². The van der Waals surface area contributed by atoms with Crippen LogP contribution in [0.15, 0.2) is 10.6 Å². The van der Waals surface area contributed by atoms with Gasteiger partial charge < -0.3 is 10.3 Å². The van der Waals surface area contributed by atoms with Crippen molar-refractivity contribution in [2.24, 2.45) is 11.7 Å².